The molecule has 0 atom stereocenters. The van der Waals surface area contributed by atoms with Crippen LogP contribution in [0.3, 0.4) is 0 Å². The van der Waals surface area contributed by atoms with Gasteiger partial charge in [-0.3, -0.25) is 9.58 Å². The molecule has 0 aliphatic carbocycles. The van der Waals surface area contributed by atoms with Gasteiger partial charge in [-0.05, 0) is 24.6 Å². The normalized spacial score (nSPS) is 14.7. The number of hydrogen-bond donors (Lipinski definition) is 0. The van der Waals surface area contributed by atoms with E-state index in [9.17, 15) is 8.78 Å². The predicted molar refractivity (Wildman–Crippen MR) is 87.6 cm³/mol. The van der Waals surface area contributed by atoms with Crippen LogP contribution in [0.4, 0.5) is 8.78 Å². The fourth-order valence-electron chi connectivity index (χ4n) is 3.38. The Kier molecular flexibility index (Phi) is 3.88. The fourth-order valence-corrected chi connectivity index (χ4v) is 3.38. The van der Waals surface area contributed by atoms with Crippen LogP contribution in [0.5, 0.6) is 0 Å². The second-order valence-electron chi connectivity index (χ2n) is 6.41. The van der Waals surface area contributed by atoms with Gasteiger partial charge in [-0.1, -0.05) is 0 Å². The summed E-state index contributed by atoms with van der Waals surface area (Å²) in [6, 6.07) is 3.64. The van der Waals surface area contributed by atoms with Gasteiger partial charge < -0.3 is 4.42 Å². The first-order valence-corrected chi connectivity index (χ1v) is 8.14. The Hall–Kier alpha value is -2.54. The Morgan fingerprint density at radius 1 is 1.20 bits per heavy atom. The summed E-state index contributed by atoms with van der Waals surface area (Å²) >= 11 is 0. The van der Waals surface area contributed by atoms with Gasteiger partial charge in [0.15, 0.2) is 5.69 Å². The van der Waals surface area contributed by atoms with Crippen molar-refractivity contribution in [1.29, 1.82) is 0 Å². The molecular weight excluding hydrogens is 326 g/mol. The van der Waals surface area contributed by atoms with Gasteiger partial charge in [0, 0.05) is 50.4 Å². The molecule has 0 amide bonds. The second-order valence-corrected chi connectivity index (χ2v) is 6.41. The highest BCUT2D eigenvalue weighted by Gasteiger charge is 2.26. The molecule has 2 aromatic heterocycles. The van der Waals surface area contributed by atoms with Crippen LogP contribution in [0.15, 0.2) is 28.8 Å². The van der Waals surface area contributed by atoms with Crippen molar-refractivity contribution in [1.82, 2.24) is 19.7 Å². The first-order chi connectivity index (χ1) is 12.0. The number of nitrogens with zero attached hydrogens (tertiary/aromatic N) is 4. The maximum Gasteiger partial charge on any atom is 0.247 e. The Morgan fingerprint density at radius 2 is 1.96 bits per heavy atom. The third-order valence-electron chi connectivity index (χ3n) is 4.47. The number of oxazole rings is 1. The van der Waals surface area contributed by atoms with Crippen LogP contribution in [0, 0.1) is 18.6 Å². The molecule has 1 aliphatic heterocycles. The van der Waals surface area contributed by atoms with Crippen LogP contribution < -0.4 is 0 Å². The topological polar surface area (TPSA) is 47.1 Å². The van der Waals surface area contributed by atoms with E-state index in [1.165, 1.54) is 12.1 Å². The highest BCUT2D eigenvalue weighted by Crippen LogP contribution is 2.30. The van der Waals surface area contributed by atoms with Gasteiger partial charge in [0.05, 0.1) is 6.20 Å². The summed E-state index contributed by atoms with van der Waals surface area (Å²) in [6.45, 7) is 3.76. The molecule has 3 aromatic rings. The van der Waals surface area contributed by atoms with Crippen molar-refractivity contribution in [3.8, 4) is 11.6 Å². The van der Waals surface area contributed by atoms with Crippen LogP contribution in [-0.2, 0) is 26.6 Å². The molecule has 0 fully saturated rings. The van der Waals surface area contributed by atoms with Crippen molar-refractivity contribution in [3.63, 3.8) is 0 Å². The number of aromatic nitrogens is 3. The van der Waals surface area contributed by atoms with E-state index in [1.807, 2.05) is 18.7 Å². The monoisotopic (exact) mass is 344 g/mol. The zero-order chi connectivity index (χ0) is 17.6. The molecular formula is C18H18F2N4O. The SMILES string of the molecule is Cc1cnc(-c2nn(C)c3c2CN(Cc2cc(F)cc(F)c2)CC3)o1. The molecule has 0 saturated heterocycles. The molecule has 3 heterocycles. The maximum absolute atomic E-state index is 13.4. The van der Waals surface area contributed by atoms with E-state index in [1.54, 1.807) is 6.20 Å². The number of hydrogen-bond acceptors (Lipinski definition) is 4. The van der Waals surface area contributed by atoms with Gasteiger partial charge in [-0.2, -0.15) is 5.10 Å². The van der Waals surface area contributed by atoms with Crippen molar-refractivity contribution in [3.05, 3.63) is 58.6 Å². The molecule has 1 aromatic carbocycles. The lowest BCUT2D eigenvalue weighted by Crippen LogP contribution is -2.30. The number of fused-ring (bicyclic) bond motifs is 1. The smallest absolute Gasteiger partial charge is 0.247 e. The zero-order valence-electron chi connectivity index (χ0n) is 14.1. The zero-order valence-corrected chi connectivity index (χ0v) is 14.1. The van der Waals surface area contributed by atoms with Crippen LogP contribution in [0.2, 0.25) is 0 Å². The molecule has 0 spiro atoms. The van der Waals surface area contributed by atoms with Gasteiger partial charge in [-0.15, -0.1) is 0 Å². The Morgan fingerprint density at radius 3 is 2.64 bits per heavy atom. The molecule has 25 heavy (non-hydrogen) atoms. The van der Waals surface area contributed by atoms with Gasteiger partial charge in [0.2, 0.25) is 5.89 Å². The minimum absolute atomic E-state index is 0.479. The molecule has 7 heteroatoms. The molecule has 0 bridgehead atoms. The molecule has 130 valence electrons. The fraction of sp³-hybridized carbons (Fsp3) is 0.333. The van der Waals surface area contributed by atoms with E-state index in [0.29, 0.717) is 24.5 Å². The van der Waals surface area contributed by atoms with E-state index in [-0.39, 0.29) is 0 Å². The third-order valence-corrected chi connectivity index (χ3v) is 4.47. The number of benzene rings is 1. The van der Waals surface area contributed by atoms with Crippen molar-refractivity contribution in [2.45, 2.75) is 26.4 Å². The summed E-state index contributed by atoms with van der Waals surface area (Å²) in [6.07, 6.45) is 2.49. The van der Waals surface area contributed by atoms with E-state index < -0.39 is 11.6 Å². The lowest BCUT2D eigenvalue weighted by molar-refractivity contribution is 0.242. The average Bonchev–Trinajstić information content (AvgIpc) is 3.10. The van der Waals surface area contributed by atoms with Crippen molar-refractivity contribution in [2.24, 2.45) is 7.05 Å². The van der Waals surface area contributed by atoms with E-state index in [0.717, 1.165) is 41.7 Å². The Bertz CT molecular complexity index is 911. The van der Waals surface area contributed by atoms with Crippen molar-refractivity contribution in [2.75, 3.05) is 6.54 Å². The summed E-state index contributed by atoms with van der Waals surface area (Å²) in [5.41, 5.74) is 3.57. The summed E-state index contributed by atoms with van der Waals surface area (Å²) in [7, 11) is 1.91. The van der Waals surface area contributed by atoms with E-state index >= 15 is 0 Å². The largest absolute Gasteiger partial charge is 0.440 e. The van der Waals surface area contributed by atoms with Crippen LogP contribution >= 0.6 is 0 Å². The molecule has 5 nitrogen and oxygen atoms in total. The van der Waals surface area contributed by atoms with Crippen LogP contribution in [-0.4, -0.2) is 26.2 Å². The highest BCUT2D eigenvalue weighted by molar-refractivity contribution is 5.55. The van der Waals surface area contributed by atoms with Gasteiger partial charge in [-0.25, -0.2) is 13.8 Å². The quantitative estimate of drug-likeness (QED) is 0.732. The standard InChI is InChI=1S/C18H18F2N4O/c1-11-8-21-18(25-11)17-15-10-24(4-3-16(15)23(2)22-17)9-12-5-13(19)7-14(20)6-12/h5-8H,3-4,9-10H2,1-2H3. The van der Waals surface area contributed by atoms with Crippen LogP contribution in [0.1, 0.15) is 22.6 Å². The summed E-state index contributed by atoms with van der Waals surface area (Å²) in [5.74, 6) is 0.139. The Labute approximate surface area is 143 Å². The first kappa shape index (κ1) is 16.0. The Balaban J connectivity index is 1.62. The van der Waals surface area contributed by atoms with E-state index in [4.69, 9.17) is 4.42 Å². The maximum atomic E-state index is 13.4. The van der Waals surface area contributed by atoms with Gasteiger partial charge >= 0.3 is 0 Å². The molecule has 0 radical (unpaired) electrons. The summed E-state index contributed by atoms with van der Waals surface area (Å²) in [5, 5.41) is 4.56. The first-order valence-electron chi connectivity index (χ1n) is 8.14. The van der Waals surface area contributed by atoms with E-state index in [2.05, 4.69) is 15.0 Å². The highest BCUT2D eigenvalue weighted by atomic mass is 19.1. The van der Waals surface area contributed by atoms with Crippen LogP contribution in [0.25, 0.3) is 11.6 Å². The number of rotatable bonds is 3. The molecule has 0 N–H and O–H groups in total. The average molecular weight is 344 g/mol. The second kappa shape index (κ2) is 6.07. The number of aryl methyl sites for hydroxylation is 2. The predicted octanol–water partition coefficient (Wildman–Crippen LogP) is 3.22. The molecule has 4 rings (SSSR count). The summed E-state index contributed by atoms with van der Waals surface area (Å²) < 4.78 is 34.3. The molecule has 0 unspecified atom stereocenters. The molecule has 1 aliphatic rings. The van der Waals surface area contributed by atoms with Crippen molar-refractivity contribution >= 4 is 0 Å². The van der Waals surface area contributed by atoms with Gasteiger partial charge in [0.25, 0.3) is 0 Å². The lowest BCUT2D eigenvalue weighted by Gasteiger charge is -2.27. The minimum Gasteiger partial charge on any atom is -0.440 e. The summed E-state index contributed by atoms with van der Waals surface area (Å²) in [4.78, 5) is 6.43. The third kappa shape index (κ3) is 3.07. The van der Waals surface area contributed by atoms with Crippen molar-refractivity contribution < 1.29 is 13.2 Å². The minimum atomic E-state index is -0.551. The number of halogens is 2. The van der Waals surface area contributed by atoms with Gasteiger partial charge in [0.1, 0.15) is 17.4 Å². The molecule has 0 saturated carbocycles. The lowest BCUT2D eigenvalue weighted by atomic mass is 10.0.